The largest absolute Gasteiger partial charge is 0.260 e. The lowest BCUT2D eigenvalue weighted by atomic mass is 10.1. The lowest BCUT2D eigenvalue weighted by molar-refractivity contribution is 0.797. The summed E-state index contributed by atoms with van der Waals surface area (Å²) in [5.41, 5.74) is 2.75. The van der Waals surface area contributed by atoms with Crippen molar-refractivity contribution in [1.82, 2.24) is 4.72 Å². The first kappa shape index (κ1) is 16.1. The second kappa shape index (κ2) is 9.03. The molecule has 0 spiro atoms. The summed E-state index contributed by atoms with van der Waals surface area (Å²) in [5, 5.41) is 0. The highest BCUT2D eigenvalue weighted by molar-refractivity contribution is 7.97. The lowest BCUT2D eigenvalue weighted by Crippen LogP contribution is -2.06. The van der Waals surface area contributed by atoms with Gasteiger partial charge < -0.3 is 0 Å². The van der Waals surface area contributed by atoms with Crippen molar-refractivity contribution in [2.24, 2.45) is 0 Å². The van der Waals surface area contributed by atoms with Crippen molar-refractivity contribution in [1.29, 1.82) is 0 Å². The molecule has 0 aliphatic carbocycles. The van der Waals surface area contributed by atoms with Gasteiger partial charge in [0, 0.05) is 11.4 Å². The Kier molecular flexibility index (Phi) is 7.65. The molecule has 0 radical (unpaired) electrons. The molecule has 1 N–H and O–H groups in total. The van der Waals surface area contributed by atoms with E-state index in [2.05, 4.69) is 66.2 Å². The van der Waals surface area contributed by atoms with Crippen LogP contribution in [0, 0.1) is 6.92 Å². The maximum atomic E-state index is 3.43. The molecule has 0 fully saturated rings. The Labute approximate surface area is 126 Å². The van der Waals surface area contributed by atoms with Crippen LogP contribution in [-0.4, -0.2) is 6.54 Å². The molecule has 0 aliphatic rings. The van der Waals surface area contributed by atoms with Gasteiger partial charge in [0.1, 0.15) is 0 Å². The van der Waals surface area contributed by atoms with E-state index in [1.165, 1.54) is 22.4 Å². The average Bonchev–Trinajstić information content (AvgIpc) is 2.42. The van der Waals surface area contributed by atoms with Gasteiger partial charge in [0.15, 0.2) is 0 Å². The average molecular weight is 294 g/mol. The zero-order valence-electron chi connectivity index (χ0n) is 11.1. The quantitative estimate of drug-likeness (QED) is 0.615. The number of benzene rings is 2. The summed E-state index contributed by atoms with van der Waals surface area (Å²) in [6, 6.07) is 19.1. The Hall–Kier alpha value is -0.960. The first-order valence-corrected chi connectivity index (χ1v) is 7.17. The van der Waals surface area contributed by atoms with E-state index in [1.54, 1.807) is 11.9 Å². The van der Waals surface area contributed by atoms with Gasteiger partial charge in [-0.3, -0.25) is 4.72 Å². The monoisotopic (exact) mass is 293 g/mol. The van der Waals surface area contributed by atoms with Gasteiger partial charge in [-0.25, -0.2) is 0 Å². The molecule has 0 aromatic heterocycles. The molecule has 0 unspecified atom stereocenters. The molecule has 0 amide bonds. The molecule has 0 saturated heterocycles. The maximum Gasteiger partial charge on any atom is 0.0257 e. The van der Waals surface area contributed by atoms with Crippen LogP contribution in [0.15, 0.2) is 59.5 Å². The number of nitrogens with one attached hydrogen (secondary N) is 1. The minimum Gasteiger partial charge on any atom is -0.260 e. The highest BCUT2D eigenvalue weighted by Crippen LogP contribution is 2.18. The van der Waals surface area contributed by atoms with E-state index in [0.29, 0.717) is 0 Å². The van der Waals surface area contributed by atoms with Crippen LogP contribution < -0.4 is 4.72 Å². The van der Waals surface area contributed by atoms with Crippen molar-refractivity contribution in [3.05, 3.63) is 65.7 Å². The second-order valence-electron chi connectivity index (χ2n) is 4.35. The van der Waals surface area contributed by atoms with Crippen molar-refractivity contribution >= 4 is 24.4 Å². The van der Waals surface area contributed by atoms with Gasteiger partial charge in [-0.2, -0.15) is 0 Å². The minimum absolute atomic E-state index is 0. The van der Waals surface area contributed by atoms with Crippen LogP contribution >= 0.6 is 24.4 Å². The van der Waals surface area contributed by atoms with Crippen LogP contribution in [-0.2, 0) is 6.42 Å². The third-order valence-corrected chi connectivity index (χ3v) is 3.89. The van der Waals surface area contributed by atoms with E-state index >= 15 is 0 Å². The number of hydrogen-bond acceptors (Lipinski definition) is 2. The zero-order valence-corrected chi connectivity index (χ0v) is 12.8. The first-order chi connectivity index (χ1) is 8.86. The second-order valence-corrected chi connectivity index (χ2v) is 5.28. The summed E-state index contributed by atoms with van der Waals surface area (Å²) < 4.78 is 3.43. The molecule has 2 rings (SSSR count). The molecule has 19 heavy (non-hydrogen) atoms. The Balaban J connectivity index is 0.00000180. The van der Waals surface area contributed by atoms with Crippen LogP contribution in [0.5, 0.6) is 0 Å². The summed E-state index contributed by atoms with van der Waals surface area (Å²) in [7, 11) is 0. The van der Waals surface area contributed by atoms with Crippen LogP contribution in [0.1, 0.15) is 17.5 Å². The lowest BCUT2D eigenvalue weighted by Gasteiger charge is -2.06. The van der Waals surface area contributed by atoms with E-state index in [4.69, 9.17) is 0 Å². The third kappa shape index (κ3) is 5.68. The predicted molar refractivity (Wildman–Crippen MR) is 87.0 cm³/mol. The fourth-order valence-corrected chi connectivity index (χ4v) is 2.59. The van der Waals surface area contributed by atoms with Gasteiger partial charge >= 0.3 is 0 Å². The third-order valence-electron chi connectivity index (χ3n) is 2.86. The summed E-state index contributed by atoms with van der Waals surface area (Å²) in [6.07, 6.45) is 2.31. The molecule has 0 heterocycles. The van der Waals surface area contributed by atoms with Crippen LogP contribution in [0.3, 0.4) is 0 Å². The molecule has 0 atom stereocenters. The fourth-order valence-electron chi connectivity index (χ4n) is 1.81. The van der Waals surface area contributed by atoms with Crippen molar-refractivity contribution < 1.29 is 0 Å². The molecule has 102 valence electrons. The van der Waals surface area contributed by atoms with E-state index in [-0.39, 0.29) is 12.4 Å². The number of hydrogen-bond donors (Lipinski definition) is 1. The van der Waals surface area contributed by atoms with Gasteiger partial charge in [-0.1, -0.05) is 48.5 Å². The summed E-state index contributed by atoms with van der Waals surface area (Å²) >= 11 is 1.73. The number of rotatable bonds is 6. The molecule has 2 aromatic rings. The highest BCUT2D eigenvalue weighted by Gasteiger charge is 1.97. The van der Waals surface area contributed by atoms with E-state index < -0.39 is 0 Å². The van der Waals surface area contributed by atoms with Gasteiger partial charge in [0.25, 0.3) is 0 Å². The zero-order chi connectivity index (χ0) is 12.6. The summed E-state index contributed by atoms with van der Waals surface area (Å²) in [4.78, 5) is 1.32. The van der Waals surface area contributed by atoms with Gasteiger partial charge in [0.2, 0.25) is 0 Å². The van der Waals surface area contributed by atoms with Crippen molar-refractivity contribution in [3.8, 4) is 0 Å². The van der Waals surface area contributed by atoms with Gasteiger partial charge in [-0.15, -0.1) is 12.4 Å². The maximum absolute atomic E-state index is 3.43. The number of halogens is 1. The standard InChI is InChI=1S/C16H19NS.ClH/c1-14-8-5-6-12-16(14)18-17-13-7-11-15-9-3-2-4-10-15;/h2-6,8-10,12,17H,7,11,13H2,1H3;1H. The molecule has 2 aromatic carbocycles. The Morgan fingerprint density at radius 3 is 2.37 bits per heavy atom. The van der Waals surface area contributed by atoms with Gasteiger partial charge in [-0.05, 0) is 48.9 Å². The first-order valence-electron chi connectivity index (χ1n) is 6.35. The van der Waals surface area contributed by atoms with Crippen molar-refractivity contribution in [2.75, 3.05) is 6.54 Å². The smallest absolute Gasteiger partial charge is 0.0257 e. The minimum atomic E-state index is 0. The van der Waals surface area contributed by atoms with E-state index in [9.17, 15) is 0 Å². The molecular weight excluding hydrogens is 274 g/mol. The topological polar surface area (TPSA) is 12.0 Å². The van der Waals surface area contributed by atoms with Crippen LogP contribution in [0.25, 0.3) is 0 Å². The van der Waals surface area contributed by atoms with Crippen LogP contribution in [0.4, 0.5) is 0 Å². The van der Waals surface area contributed by atoms with Crippen molar-refractivity contribution in [2.45, 2.75) is 24.7 Å². The van der Waals surface area contributed by atoms with E-state index in [0.717, 1.165) is 13.0 Å². The molecular formula is C16H20ClNS. The fraction of sp³-hybridized carbons (Fsp3) is 0.250. The Bertz CT molecular complexity index is 473. The van der Waals surface area contributed by atoms with Crippen LogP contribution in [0.2, 0.25) is 0 Å². The predicted octanol–water partition coefficient (Wildman–Crippen LogP) is 4.65. The molecule has 1 nitrogen and oxygen atoms in total. The van der Waals surface area contributed by atoms with Gasteiger partial charge in [0.05, 0.1) is 0 Å². The summed E-state index contributed by atoms with van der Waals surface area (Å²) in [6.45, 7) is 3.18. The Morgan fingerprint density at radius 2 is 1.63 bits per heavy atom. The van der Waals surface area contributed by atoms with Crippen molar-refractivity contribution in [3.63, 3.8) is 0 Å². The molecule has 3 heteroatoms. The SMILES string of the molecule is Cc1ccccc1SNCCCc1ccccc1.Cl. The molecule has 0 aliphatic heterocycles. The normalized spacial score (nSPS) is 9.95. The molecule has 0 saturated carbocycles. The Morgan fingerprint density at radius 1 is 0.947 bits per heavy atom. The highest BCUT2D eigenvalue weighted by atomic mass is 35.5. The van der Waals surface area contributed by atoms with E-state index in [1.807, 2.05) is 0 Å². The molecule has 0 bridgehead atoms. The summed E-state index contributed by atoms with van der Waals surface area (Å²) in [5.74, 6) is 0. The number of aryl methyl sites for hydroxylation is 2.